The van der Waals surface area contributed by atoms with Crippen LogP contribution in [0.1, 0.15) is 31.2 Å². The summed E-state index contributed by atoms with van der Waals surface area (Å²) in [6, 6.07) is 12.0. The van der Waals surface area contributed by atoms with Gasteiger partial charge in [0.2, 0.25) is 5.91 Å². The lowest BCUT2D eigenvalue weighted by Gasteiger charge is -2.08. The summed E-state index contributed by atoms with van der Waals surface area (Å²) in [7, 11) is 0. The molecule has 0 radical (unpaired) electrons. The third kappa shape index (κ3) is 4.19. The van der Waals surface area contributed by atoms with Crippen LogP contribution >= 0.6 is 11.8 Å². The number of nitrogens with zero attached hydrogens (tertiary/aromatic N) is 4. The topological polar surface area (TPSA) is 72.7 Å². The van der Waals surface area contributed by atoms with E-state index in [-0.39, 0.29) is 11.7 Å². The second kappa shape index (κ2) is 7.92. The van der Waals surface area contributed by atoms with Crippen molar-refractivity contribution in [1.82, 2.24) is 19.7 Å². The molecule has 1 saturated carbocycles. The van der Waals surface area contributed by atoms with Crippen molar-refractivity contribution < 1.29 is 4.79 Å². The van der Waals surface area contributed by atoms with Gasteiger partial charge < -0.3 is 9.88 Å². The number of rotatable bonds is 7. The maximum Gasteiger partial charge on any atom is 0.234 e. The van der Waals surface area contributed by atoms with Crippen molar-refractivity contribution in [3.63, 3.8) is 0 Å². The van der Waals surface area contributed by atoms with Gasteiger partial charge in [0.05, 0.1) is 5.75 Å². The molecule has 2 heterocycles. The molecule has 0 atom stereocenters. The van der Waals surface area contributed by atoms with Crippen molar-refractivity contribution in [2.24, 2.45) is 0 Å². The number of nitrogens with one attached hydrogen (secondary N) is 1. The molecular formula is C20H21N5OS. The molecule has 1 aromatic carbocycles. The highest BCUT2D eigenvalue weighted by Crippen LogP contribution is 2.40. The summed E-state index contributed by atoms with van der Waals surface area (Å²) in [6.45, 7) is 2.76. The van der Waals surface area contributed by atoms with Crippen molar-refractivity contribution in [3.05, 3.63) is 54.4 Å². The molecule has 1 N–H and O–H groups in total. The summed E-state index contributed by atoms with van der Waals surface area (Å²) >= 11 is 1.39. The predicted octanol–water partition coefficient (Wildman–Crippen LogP) is 3.97. The van der Waals surface area contributed by atoms with Gasteiger partial charge in [0, 0.05) is 30.2 Å². The lowest BCUT2D eigenvalue weighted by molar-refractivity contribution is -0.113. The number of carbonyl (C=O) groups is 1. The molecule has 27 heavy (non-hydrogen) atoms. The second-order valence-electron chi connectivity index (χ2n) is 6.53. The smallest absolute Gasteiger partial charge is 0.234 e. The van der Waals surface area contributed by atoms with E-state index in [4.69, 9.17) is 0 Å². The van der Waals surface area contributed by atoms with Gasteiger partial charge in [-0.3, -0.25) is 9.78 Å². The van der Waals surface area contributed by atoms with Gasteiger partial charge in [0.15, 0.2) is 11.0 Å². The molecule has 1 aliphatic rings. The number of amides is 1. The Morgan fingerprint density at radius 2 is 2.04 bits per heavy atom. The second-order valence-corrected chi connectivity index (χ2v) is 7.47. The van der Waals surface area contributed by atoms with Gasteiger partial charge in [0.25, 0.3) is 0 Å². The molecule has 138 valence electrons. The Balaban J connectivity index is 1.38. The summed E-state index contributed by atoms with van der Waals surface area (Å²) in [6.07, 6.45) is 6.05. The number of aromatic nitrogens is 4. The van der Waals surface area contributed by atoms with E-state index in [2.05, 4.69) is 32.6 Å². The van der Waals surface area contributed by atoms with Gasteiger partial charge in [-0.1, -0.05) is 23.9 Å². The summed E-state index contributed by atoms with van der Waals surface area (Å²) in [5.41, 5.74) is 3.11. The monoisotopic (exact) mass is 379 g/mol. The molecule has 1 fully saturated rings. The molecule has 1 amide bonds. The van der Waals surface area contributed by atoms with Gasteiger partial charge in [0.1, 0.15) is 0 Å². The third-order valence-electron chi connectivity index (χ3n) is 4.53. The summed E-state index contributed by atoms with van der Waals surface area (Å²) < 4.78 is 2.00. The normalized spacial score (nSPS) is 13.5. The molecule has 1 aliphatic carbocycles. The first-order valence-electron chi connectivity index (χ1n) is 9.11. The number of benzene rings is 1. The van der Waals surface area contributed by atoms with Crippen molar-refractivity contribution in [2.75, 3.05) is 11.1 Å². The Morgan fingerprint density at radius 1 is 1.22 bits per heavy atom. The molecule has 0 saturated heterocycles. The Labute approximate surface area is 162 Å². The molecule has 4 rings (SSSR count). The van der Waals surface area contributed by atoms with Crippen molar-refractivity contribution in [2.45, 2.75) is 37.4 Å². The van der Waals surface area contributed by atoms with E-state index in [1.165, 1.54) is 30.2 Å². The van der Waals surface area contributed by atoms with Gasteiger partial charge in [-0.2, -0.15) is 0 Å². The van der Waals surface area contributed by atoms with Crippen molar-refractivity contribution in [3.8, 4) is 11.4 Å². The van der Waals surface area contributed by atoms with Crippen LogP contribution in [0.25, 0.3) is 11.4 Å². The fourth-order valence-electron chi connectivity index (χ4n) is 2.97. The van der Waals surface area contributed by atoms with E-state index in [1.807, 2.05) is 35.8 Å². The number of thioether (sulfide) groups is 1. The Bertz CT molecular complexity index is 919. The standard InChI is InChI=1S/C20H21N5OS/c1-2-25-19(16-4-3-11-21-12-16)23-24-20(25)27-13-18(26)22-17-9-7-15(8-10-17)14-5-6-14/h3-4,7-12,14H,2,5-6,13H2,1H3,(H,22,26). The zero-order valence-corrected chi connectivity index (χ0v) is 15.9. The first-order valence-corrected chi connectivity index (χ1v) is 10.1. The Kier molecular flexibility index (Phi) is 5.20. The highest BCUT2D eigenvalue weighted by atomic mass is 32.2. The van der Waals surface area contributed by atoms with Crippen LogP contribution in [0.15, 0.2) is 53.9 Å². The number of hydrogen-bond acceptors (Lipinski definition) is 5. The first kappa shape index (κ1) is 17.7. The van der Waals surface area contributed by atoms with E-state index in [9.17, 15) is 4.79 Å². The van der Waals surface area contributed by atoms with Gasteiger partial charge in [-0.25, -0.2) is 0 Å². The molecule has 2 aromatic heterocycles. The van der Waals surface area contributed by atoms with Crippen LogP contribution in [-0.2, 0) is 11.3 Å². The molecule has 6 nitrogen and oxygen atoms in total. The van der Waals surface area contributed by atoms with Crippen molar-refractivity contribution in [1.29, 1.82) is 0 Å². The van der Waals surface area contributed by atoms with Gasteiger partial charge in [-0.05, 0) is 55.5 Å². The zero-order valence-electron chi connectivity index (χ0n) is 15.1. The van der Waals surface area contributed by atoms with Crippen LogP contribution in [0.4, 0.5) is 5.69 Å². The fraction of sp³-hybridized carbons (Fsp3) is 0.300. The van der Waals surface area contributed by atoms with Crippen LogP contribution in [-0.4, -0.2) is 31.4 Å². The van der Waals surface area contributed by atoms with Crippen LogP contribution in [0.2, 0.25) is 0 Å². The van der Waals surface area contributed by atoms with Crippen LogP contribution in [0, 0.1) is 0 Å². The van der Waals surface area contributed by atoms with E-state index in [1.54, 1.807) is 12.4 Å². The Morgan fingerprint density at radius 3 is 2.70 bits per heavy atom. The number of carbonyl (C=O) groups excluding carboxylic acids is 1. The molecule has 3 aromatic rings. The predicted molar refractivity (Wildman–Crippen MR) is 107 cm³/mol. The minimum Gasteiger partial charge on any atom is -0.325 e. The largest absolute Gasteiger partial charge is 0.325 e. The van der Waals surface area contributed by atoms with E-state index in [0.717, 1.165) is 34.7 Å². The lowest BCUT2D eigenvalue weighted by Crippen LogP contribution is -2.14. The van der Waals surface area contributed by atoms with Crippen LogP contribution in [0.5, 0.6) is 0 Å². The molecule has 0 bridgehead atoms. The SMILES string of the molecule is CCn1c(SCC(=O)Nc2ccc(C3CC3)cc2)nnc1-c1cccnc1. The van der Waals surface area contributed by atoms with E-state index in [0.29, 0.717) is 0 Å². The quantitative estimate of drug-likeness (QED) is 0.629. The summed E-state index contributed by atoms with van der Waals surface area (Å²) in [5, 5.41) is 12.2. The minimum atomic E-state index is -0.0484. The summed E-state index contributed by atoms with van der Waals surface area (Å²) in [5.74, 6) is 1.73. The van der Waals surface area contributed by atoms with E-state index >= 15 is 0 Å². The molecule has 0 aliphatic heterocycles. The first-order chi connectivity index (χ1) is 13.2. The number of pyridine rings is 1. The average molecular weight is 379 g/mol. The number of hydrogen-bond donors (Lipinski definition) is 1. The number of anilines is 1. The van der Waals surface area contributed by atoms with E-state index < -0.39 is 0 Å². The maximum absolute atomic E-state index is 12.3. The Hall–Kier alpha value is -2.67. The van der Waals surface area contributed by atoms with Crippen LogP contribution < -0.4 is 5.32 Å². The molecule has 0 unspecified atom stereocenters. The van der Waals surface area contributed by atoms with Gasteiger partial charge >= 0.3 is 0 Å². The van der Waals surface area contributed by atoms with Crippen molar-refractivity contribution >= 4 is 23.4 Å². The zero-order chi connectivity index (χ0) is 18.6. The third-order valence-corrected chi connectivity index (χ3v) is 5.50. The molecule has 0 spiro atoms. The molecule has 7 heteroatoms. The maximum atomic E-state index is 12.3. The highest BCUT2D eigenvalue weighted by molar-refractivity contribution is 7.99. The fourth-order valence-corrected chi connectivity index (χ4v) is 3.77. The summed E-state index contributed by atoms with van der Waals surface area (Å²) in [4.78, 5) is 16.4. The van der Waals surface area contributed by atoms with Crippen LogP contribution in [0.3, 0.4) is 0 Å². The minimum absolute atomic E-state index is 0.0484. The molecular weight excluding hydrogens is 358 g/mol. The van der Waals surface area contributed by atoms with Gasteiger partial charge in [-0.15, -0.1) is 10.2 Å². The average Bonchev–Trinajstić information content (AvgIpc) is 3.47. The highest BCUT2D eigenvalue weighted by Gasteiger charge is 2.23. The lowest BCUT2D eigenvalue weighted by atomic mass is 10.1.